The first-order chi connectivity index (χ1) is 7.74. The van der Waals surface area contributed by atoms with Crippen LogP contribution in [-0.2, 0) is 16.1 Å². The van der Waals surface area contributed by atoms with Gasteiger partial charge in [-0.1, -0.05) is 46.2 Å². The Morgan fingerprint density at radius 1 is 1.25 bits per heavy atom. The van der Waals surface area contributed by atoms with Crippen molar-refractivity contribution < 1.29 is 11.0 Å². The monoisotopic (exact) mass is 227 g/mol. The lowest BCUT2D eigenvalue weighted by molar-refractivity contribution is -0.129. The third-order valence-corrected chi connectivity index (χ3v) is 1.30. The molecule has 2 N–H and O–H groups in total. The third-order valence-electron chi connectivity index (χ3n) is 1.30. The molecule has 0 saturated heterocycles. The topological polar surface area (TPSA) is 52.3 Å². The highest BCUT2D eigenvalue weighted by molar-refractivity contribution is 5.40. The van der Waals surface area contributed by atoms with Crippen molar-refractivity contribution in [3.63, 3.8) is 0 Å². The minimum Gasteiger partial charge on any atom is -0.463 e. The van der Waals surface area contributed by atoms with Crippen LogP contribution >= 0.6 is 0 Å². The molecular weight excluding hydrogens is 202 g/mol. The number of hydrogen-bond donors (Lipinski definition) is 1. The molecule has 0 heterocycles. The second-order valence-electron chi connectivity index (χ2n) is 2.86. The Kier molecular flexibility index (Phi) is 14.3. The Morgan fingerprint density at radius 3 is 2.06 bits per heavy atom. The zero-order valence-electron chi connectivity index (χ0n) is 10.7. The summed E-state index contributed by atoms with van der Waals surface area (Å²) in [5.41, 5.74) is 7.09. The third kappa shape index (κ3) is 10.6. The van der Waals surface area contributed by atoms with Gasteiger partial charge in [0, 0.05) is 7.11 Å². The Morgan fingerprint density at radius 2 is 1.69 bits per heavy atom. The number of nitrogen functional groups attached to an aromatic ring is 1. The van der Waals surface area contributed by atoms with Crippen molar-refractivity contribution in [2.75, 3.05) is 5.73 Å². The van der Waals surface area contributed by atoms with Gasteiger partial charge in [0.15, 0.2) is 0 Å². The van der Waals surface area contributed by atoms with Gasteiger partial charge >= 0.3 is 0 Å². The second-order valence-corrected chi connectivity index (χ2v) is 2.86. The zero-order valence-corrected chi connectivity index (χ0v) is 10.7. The van der Waals surface area contributed by atoms with E-state index in [4.69, 9.17) is 5.73 Å². The number of benzene rings is 1. The number of rotatable bonds is 3. The smallest absolute Gasteiger partial charge is 0.293 e. The maximum atomic E-state index is 9.80. The van der Waals surface area contributed by atoms with Crippen molar-refractivity contribution in [3.8, 4) is 0 Å². The fraction of sp³-hybridized carbons (Fsp3) is 0.462. The molecule has 16 heavy (non-hydrogen) atoms. The molecule has 0 aliphatic carbocycles. The predicted molar refractivity (Wildman–Crippen MR) is 71.1 cm³/mol. The summed E-state index contributed by atoms with van der Waals surface area (Å²) < 4.78 is 4.54. The number of hydrogen-bond acceptors (Lipinski definition) is 3. The summed E-state index contributed by atoms with van der Waals surface area (Å²) in [6, 6.07) is 7.17. The molecule has 0 aromatic heterocycles. The average Bonchev–Trinajstić information content (AvgIpc) is 2.32. The summed E-state index contributed by atoms with van der Waals surface area (Å²) in [5, 5.41) is 0. The summed E-state index contributed by atoms with van der Waals surface area (Å²) in [7, 11) is 0. The summed E-state index contributed by atoms with van der Waals surface area (Å²) >= 11 is 0. The zero-order chi connectivity index (χ0) is 12.8. The molecule has 0 aliphatic heterocycles. The highest BCUT2D eigenvalue weighted by Gasteiger charge is 1.90. The molecule has 0 bridgehead atoms. The average molecular weight is 227 g/mol. The lowest BCUT2D eigenvalue weighted by Crippen LogP contribution is -1.90. The van der Waals surface area contributed by atoms with E-state index in [1.165, 1.54) is 6.42 Å². The SMILES string of the molecule is CC.CCC.Nc1ccc(COC=O)cc1.[HH]. The predicted octanol–water partition coefficient (Wildman–Crippen LogP) is 3.63. The molecule has 1 aromatic rings. The summed E-state index contributed by atoms with van der Waals surface area (Å²) in [6.07, 6.45) is 1.25. The molecule has 0 atom stereocenters. The van der Waals surface area contributed by atoms with Gasteiger partial charge in [-0.2, -0.15) is 0 Å². The van der Waals surface area contributed by atoms with E-state index in [2.05, 4.69) is 18.6 Å². The molecule has 0 aliphatic rings. The van der Waals surface area contributed by atoms with E-state index >= 15 is 0 Å². The summed E-state index contributed by atoms with van der Waals surface area (Å²) in [6.45, 7) is 8.99. The van der Waals surface area contributed by atoms with Gasteiger partial charge in [-0.25, -0.2) is 0 Å². The quantitative estimate of drug-likeness (QED) is 0.633. The van der Waals surface area contributed by atoms with Crippen LogP contribution in [0.5, 0.6) is 0 Å². The molecule has 0 spiro atoms. The van der Waals surface area contributed by atoms with Crippen molar-refractivity contribution in [1.82, 2.24) is 0 Å². The van der Waals surface area contributed by atoms with Gasteiger partial charge in [0.05, 0.1) is 0 Å². The first-order valence-electron chi connectivity index (χ1n) is 5.64. The molecule has 3 nitrogen and oxygen atoms in total. The van der Waals surface area contributed by atoms with Gasteiger partial charge in [-0.05, 0) is 17.7 Å². The van der Waals surface area contributed by atoms with Crippen molar-refractivity contribution in [3.05, 3.63) is 29.8 Å². The number of carbonyl (C=O) groups is 1. The molecule has 0 fully saturated rings. The maximum Gasteiger partial charge on any atom is 0.293 e. The van der Waals surface area contributed by atoms with E-state index in [0.29, 0.717) is 18.8 Å². The van der Waals surface area contributed by atoms with E-state index in [1.807, 2.05) is 26.0 Å². The van der Waals surface area contributed by atoms with Gasteiger partial charge in [0.2, 0.25) is 0 Å². The molecular formula is C13H25NO2. The molecule has 1 aromatic carbocycles. The first kappa shape index (κ1) is 16.9. The molecule has 94 valence electrons. The lowest BCUT2D eigenvalue weighted by Gasteiger charge is -1.98. The minimum atomic E-state index is 0. The number of ether oxygens (including phenoxy) is 1. The molecule has 0 saturated carbocycles. The standard InChI is InChI=1S/C8H9NO2.C3H8.C2H6.H2/c9-8-3-1-7(2-4-8)5-11-6-10;1-3-2;1-2;/h1-4,6H,5,9H2;3H2,1-2H3;1-2H3;1H. The van der Waals surface area contributed by atoms with E-state index in [9.17, 15) is 4.79 Å². The number of carbonyl (C=O) groups excluding carboxylic acids is 1. The van der Waals surface area contributed by atoms with Gasteiger partial charge in [-0.3, -0.25) is 4.79 Å². The van der Waals surface area contributed by atoms with Crippen LogP contribution in [-0.4, -0.2) is 6.47 Å². The van der Waals surface area contributed by atoms with Gasteiger partial charge < -0.3 is 10.5 Å². The van der Waals surface area contributed by atoms with E-state index < -0.39 is 0 Å². The van der Waals surface area contributed by atoms with E-state index in [0.717, 1.165) is 5.56 Å². The van der Waals surface area contributed by atoms with Crippen LogP contribution in [0.1, 0.15) is 41.1 Å². The van der Waals surface area contributed by atoms with Crippen molar-refractivity contribution in [2.24, 2.45) is 0 Å². The molecule has 0 radical (unpaired) electrons. The van der Waals surface area contributed by atoms with Crippen LogP contribution in [0.2, 0.25) is 0 Å². The van der Waals surface area contributed by atoms with Crippen LogP contribution < -0.4 is 5.73 Å². The van der Waals surface area contributed by atoms with Crippen LogP contribution in [0.25, 0.3) is 0 Å². The van der Waals surface area contributed by atoms with Crippen LogP contribution in [0.3, 0.4) is 0 Å². The van der Waals surface area contributed by atoms with Crippen molar-refractivity contribution in [2.45, 2.75) is 40.7 Å². The highest BCUT2D eigenvalue weighted by atomic mass is 16.5. The summed E-state index contributed by atoms with van der Waals surface area (Å²) in [5.74, 6) is 0. The Labute approximate surface area is 100 Å². The Bertz CT molecular complexity index is 250. The molecule has 1 rings (SSSR count). The number of anilines is 1. The van der Waals surface area contributed by atoms with Gasteiger partial charge in [-0.15, -0.1) is 0 Å². The molecule has 0 unspecified atom stereocenters. The fourth-order valence-electron chi connectivity index (χ4n) is 0.744. The van der Waals surface area contributed by atoms with E-state index in [1.54, 1.807) is 12.1 Å². The van der Waals surface area contributed by atoms with Gasteiger partial charge in [0.25, 0.3) is 6.47 Å². The highest BCUT2D eigenvalue weighted by Crippen LogP contribution is 2.05. The Balaban J connectivity index is -0.000000286. The second kappa shape index (κ2) is 13.5. The molecule has 0 amide bonds. The first-order valence-corrected chi connectivity index (χ1v) is 5.64. The maximum absolute atomic E-state index is 9.80. The van der Waals surface area contributed by atoms with Crippen LogP contribution in [0.4, 0.5) is 5.69 Å². The summed E-state index contributed by atoms with van der Waals surface area (Å²) in [4.78, 5) is 9.80. The molecule has 3 heteroatoms. The lowest BCUT2D eigenvalue weighted by atomic mass is 10.2. The minimum absolute atomic E-state index is 0. The van der Waals surface area contributed by atoms with Crippen molar-refractivity contribution >= 4 is 12.2 Å². The Hall–Kier alpha value is -1.51. The van der Waals surface area contributed by atoms with Gasteiger partial charge in [0.1, 0.15) is 6.61 Å². The van der Waals surface area contributed by atoms with E-state index in [-0.39, 0.29) is 1.43 Å². The van der Waals surface area contributed by atoms with Crippen LogP contribution in [0, 0.1) is 0 Å². The normalized spacial score (nSPS) is 7.75. The fourth-order valence-corrected chi connectivity index (χ4v) is 0.744. The number of nitrogens with two attached hydrogens (primary N) is 1. The largest absolute Gasteiger partial charge is 0.463 e. The van der Waals surface area contributed by atoms with Crippen LogP contribution in [0.15, 0.2) is 24.3 Å². The van der Waals surface area contributed by atoms with Crippen molar-refractivity contribution in [1.29, 1.82) is 0 Å².